The lowest BCUT2D eigenvalue weighted by Gasteiger charge is -2.31. The van der Waals surface area contributed by atoms with Crippen LogP contribution in [0.1, 0.15) is 45.2 Å². The molecular weight excluding hydrogens is 400 g/mol. The number of hydrogen-bond donors (Lipinski definition) is 1. The van der Waals surface area contributed by atoms with Crippen molar-refractivity contribution in [2.45, 2.75) is 52.1 Å². The molecule has 0 saturated carbocycles. The average Bonchev–Trinajstić information content (AvgIpc) is 2.72. The summed E-state index contributed by atoms with van der Waals surface area (Å²) in [4.78, 5) is 27.2. The van der Waals surface area contributed by atoms with Crippen LogP contribution in [0.15, 0.2) is 48.5 Å². The molecule has 0 aromatic heterocycles. The van der Waals surface area contributed by atoms with Crippen LogP contribution >= 0.6 is 11.6 Å². The van der Waals surface area contributed by atoms with Gasteiger partial charge in [-0.15, -0.1) is 0 Å². The fourth-order valence-electron chi connectivity index (χ4n) is 3.33. The van der Waals surface area contributed by atoms with Gasteiger partial charge in [0.2, 0.25) is 5.91 Å². The number of nitrogens with one attached hydrogen (secondary N) is 1. The van der Waals surface area contributed by atoms with Crippen molar-refractivity contribution in [1.82, 2.24) is 10.2 Å². The molecule has 2 aromatic carbocycles. The van der Waals surface area contributed by atoms with Crippen molar-refractivity contribution < 1.29 is 14.3 Å². The normalized spacial score (nSPS) is 12.2. The van der Waals surface area contributed by atoms with Crippen LogP contribution < -0.4 is 10.1 Å². The summed E-state index contributed by atoms with van der Waals surface area (Å²) in [5.41, 5.74) is 1.68. The van der Waals surface area contributed by atoms with Crippen LogP contribution in [0.5, 0.6) is 5.75 Å². The molecule has 0 fully saturated rings. The SMILES string of the molecule is CC[C@H](C(=O)NC)N(Cc1ccccc1Cl)C(=O)COc1ccccc1C(C)(C)C. The molecule has 2 amide bonds. The standard InChI is InChI=1S/C24H31ClN2O3/c1-6-20(23(29)26-5)27(15-17-11-7-9-13-19(17)25)22(28)16-30-21-14-10-8-12-18(21)24(2,3)4/h7-14,20H,6,15-16H2,1-5H3,(H,26,29)/t20-/m1/s1. The van der Waals surface area contributed by atoms with E-state index < -0.39 is 6.04 Å². The molecule has 0 aliphatic rings. The third-order valence-corrected chi connectivity index (χ3v) is 5.35. The Morgan fingerprint density at radius 3 is 2.33 bits per heavy atom. The fourth-order valence-corrected chi connectivity index (χ4v) is 3.53. The Kier molecular flexibility index (Phi) is 8.30. The van der Waals surface area contributed by atoms with Gasteiger partial charge in [-0.3, -0.25) is 9.59 Å². The van der Waals surface area contributed by atoms with Crippen molar-refractivity contribution in [2.75, 3.05) is 13.7 Å². The highest BCUT2D eigenvalue weighted by molar-refractivity contribution is 6.31. The summed E-state index contributed by atoms with van der Waals surface area (Å²) in [6, 6.07) is 14.4. The van der Waals surface area contributed by atoms with E-state index in [9.17, 15) is 9.59 Å². The Labute approximate surface area is 184 Å². The molecule has 2 rings (SSSR count). The minimum absolute atomic E-state index is 0.120. The maximum Gasteiger partial charge on any atom is 0.261 e. The second-order valence-corrected chi connectivity index (χ2v) is 8.59. The maximum atomic E-state index is 13.2. The summed E-state index contributed by atoms with van der Waals surface area (Å²) in [5.74, 6) is 0.186. The first-order valence-corrected chi connectivity index (χ1v) is 10.5. The average molecular weight is 431 g/mol. The van der Waals surface area contributed by atoms with Crippen molar-refractivity contribution in [3.8, 4) is 5.75 Å². The van der Waals surface area contributed by atoms with E-state index >= 15 is 0 Å². The topological polar surface area (TPSA) is 58.6 Å². The smallest absolute Gasteiger partial charge is 0.261 e. The van der Waals surface area contributed by atoms with Gasteiger partial charge in [0.25, 0.3) is 5.91 Å². The van der Waals surface area contributed by atoms with E-state index in [1.54, 1.807) is 18.0 Å². The molecule has 0 bridgehead atoms. The van der Waals surface area contributed by atoms with E-state index in [1.165, 1.54) is 0 Å². The van der Waals surface area contributed by atoms with Gasteiger partial charge in [-0.25, -0.2) is 0 Å². The first-order valence-electron chi connectivity index (χ1n) is 10.2. The molecule has 6 heteroatoms. The summed E-state index contributed by atoms with van der Waals surface area (Å²) in [7, 11) is 1.57. The number of para-hydroxylation sites is 1. The lowest BCUT2D eigenvalue weighted by molar-refractivity contribution is -0.142. The first kappa shape index (κ1) is 23.7. The highest BCUT2D eigenvalue weighted by atomic mass is 35.5. The number of nitrogens with zero attached hydrogens (tertiary/aromatic N) is 1. The zero-order chi connectivity index (χ0) is 22.3. The van der Waals surface area contributed by atoms with Gasteiger partial charge in [0, 0.05) is 18.6 Å². The summed E-state index contributed by atoms with van der Waals surface area (Å²) < 4.78 is 5.93. The van der Waals surface area contributed by atoms with E-state index in [2.05, 4.69) is 26.1 Å². The van der Waals surface area contributed by atoms with E-state index in [-0.39, 0.29) is 30.4 Å². The predicted molar refractivity (Wildman–Crippen MR) is 121 cm³/mol. The monoisotopic (exact) mass is 430 g/mol. The number of carbonyl (C=O) groups is 2. The van der Waals surface area contributed by atoms with E-state index in [4.69, 9.17) is 16.3 Å². The van der Waals surface area contributed by atoms with Gasteiger partial charge < -0.3 is 15.0 Å². The van der Waals surface area contributed by atoms with Crippen LogP contribution in [0.2, 0.25) is 5.02 Å². The number of ether oxygens (including phenoxy) is 1. The molecule has 1 N–H and O–H groups in total. The second-order valence-electron chi connectivity index (χ2n) is 8.19. The number of carbonyl (C=O) groups excluding carboxylic acids is 2. The van der Waals surface area contributed by atoms with Gasteiger partial charge in [0.1, 0.15) is 11.8 Å². The lowest BCUT2D eigenvalue weighted by Crippen LogP contribution is -2.49. The zero-order valence-corrected chi connectivity index (χ0v) is 19.1. The molecule has 1 atom stereocenters. The van der Waals surface area contributed by atoms with Crippen molar-refractivity contribution in [1.29, 1.82) is 0 Å². The first-order chi connectivity index (χ1) is 14.2. The van der Waals surface area contributed by atoms with E-state index in [0.717, 1.165) is 11.1 Å². The molecule has 0 aliphatic heterocycles. The Morgan fingerprint density at radius 2 is 1.73 bits per heavy atom. The number of likely N-dealkylation sites (N-methyl/N-ethyl adjacent to an activating group) is 1. The Balaban J connectivity index is 2.27. The molecule has 0 aliphatic carbocycles. The Morgan fingerprint density at radius 1 is 1.10 bits per heavy atom. The minimum Gasteiger partial charge on any atom is -0.483 e. The van der Waals surface area contributed by atoms with Gasteiger partial charge in [-0.2, -0.15) is 0 Å². The summed E-state index contributed by atoms with van der Waals surface area (Å²) in [5, 5.41) is 3.20. The van der Waals surface area contributed by atoms with Crippen LogP contribution in [0.3, 0.4) is 0 Å². The minimum atomic E-state index is -0.611. The second kappa shape index (κ2) is 10.5. The molecule has 162 valence electrons. The van der Waals surface area contributed by atoms with Crippen molar-refractivity contribution >= 4 is 23.4 Å². The molecule has 5 nitrogen and oxygen atoms in total. The Hall–Kier alpha value is -2.53. The number of rotatable bonds is 8. The summed E-state index contributed by atoms with van der Waals surface area (Å²) in [6.45, 7) is 8.24. The molecule has 2 aromatic rings. The molecule has 0 heterocycles. The fraction of sp³-hybridized carbons (Fsp3) is 0.417. The van der Waals surface area contributed by atoms with Crippen LogP contribution in [0.25, 0.3) is 0 Å². The van der Waals surface area contributed by atoms with Crippen LogP contribution in [0, 0.1) is 0 Å². The van der Waals surface area contributed by atoms with Gasteiger partial charge in [-0.1, -0.05) is 75.7 Å². The van der Waals surface area contributed by atoms with Gasteiger partial charge in [0.15, 0.2) is 6.61 Å². The number of benzene rings is 2. The summed E-state index contributed by atoms with van der Waals surface area (Å²) >= 11 is 6.31. The largest absolute Gasteiger partial charge is 0.483 e. The van der Waals surface area contributed by atoms with Crippen molar-refractivity contribution in [3.63, 3.8) is 0 Å². The lowest BCUT2D eigenvalue weighted by atomic mass is 9.86. The van der Waals surface area contributed by atoms with E-state index in [0.29, 0.717) is 17.2 Å². The van der Waals surface area contributed by atoms with Gasteiger partial charge in [0.05, 0.1) is 0 Å². The van der Waals surface area contributed by atoms with Gasteiger partial charge in [-0.05, 0) is 35.1 Å². The van der Waals surface area contributed by atoms with Crippen molar-refractivity contribution in [2.24, 2.45) is 0 Å². The number of amides is 2. The van der Waals surface area contributed by atoms with Crippen LogP contribution in [-0.2, 0) is 21.5 Å². The number of hydrogen-bond acceptors (Lipinski definition) is 3. The molecule has 0 saturated heterocycles. The third-order valence-electron chi connectivity index (χ3n) is 4.98. The third kappa shape index (κ3) is 5.99. The molecular formula is C24H31ClN2O3. The highest BCUT2D eigenvalue weighted by Crippen LogP contribution is 2.31. The molecule has 30 heavy (non-hydrogen) atoms. The molecule has 0 radical (unpaired) electrons. The van der Waals surface area contributed by atoms with E-state index in [1.807, 2.05) is 49.4 Å². The predicted octanol–water partition coefficient (Wildman–Crippen LogP) is 4.57. The Bertz CT molecular complexity index is 877. The van der Waals surface area contributed by atoms with Crippen LogP contribution in [-0.4, -0.2) is 36.4 Å². The zero-order valence-electron chi connectivity index (χ0n) is 18.4. The van der Waals surface area contributed by atoms with Crippen molar-refractivity contribution in [3.05, 3.63) is 64.7 Å². The van der Waals surface area contributed by atoms with Crippen LogP contribution in [0.4, 0.5) is 0 Å². The highest BCUT2D eigenvalue weighted by Gasteiger charge is 2.29. The molecule has 0 spiro atoms. The summed E-state index contributed by atoms with van der Waals surface area (Å²) in [6.07, 6.45) is 0.481. The molecule has 0 unspecified atom stereocenters. The van der Waals surface area contributed by atoms with Gasteiger partial charge >= 0.3 is 0 Å². The number of halogens is 1. The quantitative estimate of drug-likeness (QED) is 0.667. The maximum absolute atomic E-state index is 13.2.